The Balaban J connectivity index is 1.68. The van der Waals surface area contributed by atoms with Crippen molar-refractivity contribution >= 4 is 35.2 Å². The second-order valence-corrected chi connectivity index (χ2v) is 7.98. The minimum absolute atomic E-state index is 0.150. The molecular weight excluding hydrogens is 355 g/mol. The third-order valence-electron chi connectivity index (χ3n) is 6.00. The Hall–Kier alpha value is -3.27. The van der Waals surface area contributed by atoms with Crippen LogP contribution in [0.4, 0.5) is 5.69 Å². The van der Waals surface area contributed by atoms with Crippen molar-refractivity contribution in [3.05, 3.63) is 83.7 Å². The average molecular weight is 379 g/mol. The van der Waals surface area contributed by atoms with Crippen molar-refractivity contribution in [3.8, 4) is 11.1 Å². The Morgan fingerprint density at radius 2 is 1.69 bits per heavy atom. The Labute approximate surface area is 172 Å². The normalized spacial score (nSPS) is 13.6. The van der Waals surface area contributed by atoms with Crippen LogP contribution in [0, 0.1) is 6.92 Å². The first-order valence-corrected chi connectivity index (χ1v) is 10.0. The van der Waals surface area contributed by atoms with E-state index in [1.165, 1.54) is 27.8 Å². The zero-order valence-electron chi connectivity index (χ0n) is 17.3. The van der Waals surface area contributed by atoms with E-state index in [2.05, 4.69) is 98.1 Å². The second-order valence-electron chi connectivity index (χ2n) is 7.98. The maximum Gasteiger partial charge on any atom is 0.399 e. The van der Waals surface area contributed by atoms with E-state index in [1.807, 2.05) is 12.1 Å². The zero-order valence-corrected chi connectivity index (χ0v) is 17.3. The van der Waals surface area contributed by atoms with Gasteiger partial charge in [-0.2, -0.15) is 0 Å². The number of aryl methyl sites for hydroxylation is 2. The zero-order chi connectivity index (χ0) is 20.1. The number of pyridine rings is 1. The van der Waals surface area contributed by atoms with E-state index in [0.717, 1.165) is 22.4 Å². The lowest BCUT2D eigenvalue weighted by atomic mass is 9.49. The molecule has 0 unspecified atom stereocenters. The number of hydrogen-bond donors (Lipinski definition) is 0. The van der Waals surface area contributed by atoms with Crippen molar-refractivity contribution in [3.63, 3.8) is 0 Å². The fourth-order valence-electron chi connectivity index (χ4n) is 4.66. The highest BCUT2D eigenvalue weighted by Gasteiger charge is 2.39. The SMILES string of the molecule is CC1=Cc2oc3ccccc3c2N(C)B1c1cc(-c2ccccc2)c(C)c[n+]1C. The number of furan rings is 1. The summed E-state index contributed by atoms with van der Waals surface area (Å²) in [6.07, 6.45) is 4.43. The van der Waals surface area contributed by atoms with Gasteiger partial charge >= 0.3 is 6.85 Å². The molecule has 3 nitrogen and oxygen atoms in total. The van der Waals surface area contributed by atoms with Gasteiger partial charge in [-0.25, -0.2) is 4.57 Å². The first-order chi connectivity index (χ1) is 14.0. The van der Waals surface area contributed by atoms with Crippen LogP contribution in [0.5, 0.6) is 0 Å². The van der Waals surface area contributed by atoms with Gasteiger partial charge < -0.3 is 9.23 Å². The molecule has 0 atom stereocenters. The van der Waals surface area contributed by atoms with Crippen molar-refractivity contribution in [2.75, 3.05) is 11.9 Å². The van der Waals surface area contributed by atoms with E-state index in [4.69, 9.17) is 4.42 Å². The molecule has 0 fully saturated rings. The lowest BCUT2D eigenvalue weighted by Gasteiger charge is -2.29. The molecular formula is C25H24BN2O+. The van der Waals surface area contributed by atoms with Gasteiger partial charge in [-0.05, 0) is 50.2 Å². The molecule has 0 radical (unpaired) electrons. The molecule has 4 heteroatoms. The van der Waals surface area contributed by atoms with Gasteiger partial charge in [0.25, 0.3) is 0 Å². The predicted molar refractivity (Wildman–Crippen MR) is 121 cm³/mol. The lowest BCUT2D eigenvalue weighted by molar-refractivity contribution is -0.654. The van der Waals surface area contributed by atoms with Crippen LogP contribution in [-0.4, -0.2) is 13.9 Å². The molecule has 2 aromatic carbocycles. The molecule has 29 heavy (non-hydrogen) atoms. The van der Waals surface area contributed by atoms with Crippen LogP contribution in [0.2, 0.25) is 0 Å². The van der Waals surface area contributed by atoms with Crippen LogP contribution in [0.25, 0.3) is 28.2 Å². The van der Waals surface area contributed by atoms with Gasteiger partial charge in [-0.3, -0.25) is 0 Å². The molecule has 0 saturated heterocycles. The maximum absolute atomic E-state index is 6.13. The average Bonchev–Trinajstić information content (AvgIpc) is 3.08. The highest BCUT2D eigenvalue weighted by molar-refractivity contribution is 6.83. The Kier molecular flexibility index (Phi) is 4.09. The van der Waals surface area contributed by atoms with Crippen LogP contribution in [0.3, 0.4) is 0 Å². The third-order valence-corrected chi connectivity index (χ3v) is 6.00. The van der Waals surface area contributed by atoms with Crippen LogP contribution < -0.4 is 15.0 Å². The summed E-state index contributed by atoms with van der Waals surface area (Å²) in [7, 11) is 4.31. The van der Waals surface area contributed by atoms with Crippen molar-refractivity contribution in [2.24, 2.45) is 7.05 Å². The second kappa shape index (κ2) is 6.66. The molecule has 0 saturated carbocycles. The molecule has 0 amide bonds. The molecule has 1 aliphatic rings. The quantitative estimate of drug-likeness (QED) is 0.377. The molecule has 0 N–H and O–H groups in total. The molecule has 4 aromatic rings. The largest absolute Gasteiger partial charge is 0.455 e. The summed E-state index contributed by atoms with van der Waals surface area (Å²) in [6.45, 7) is 4.53. The smallest absolute Gasteiger partial charge is 0.399 e. The fraction of sp³-hybridized carbons (Fsp3) is 0.160. The number of benzene rings is 2. The van der Waals surface area contributed by atoms with E-state index in [0.29, 0.717) is 0 Å². The van der Waals surface area contributed by atoms with Gasteiger partial charge in [-0.1, -0.05) is 47.9 Å². The molecule has 0 aliphatic carbocycles. The van der Waals surface area contributed by atoms with Crippen molar-refractivity contribution < 1.29 is 8.98 Å². The molecule has 3 heterocycles. The highest BCUT2D eigenvalue weighted by atomic mass is 16.3. The number of nitrogens with zero attached hydrogens (tertiary/aromatic N) is 2. The minimum Gasteiger partial charge on any atom is -0.455 e. The number of rotatable bonds is 2. The number of anilines is 1. The van der Waals surface area contributed by atoms with Crippen molar-refractivity contribution in [1.29, 1.82) is 0 Å². The first-order valence-electron chi connectivity index (χ1n) is 10.0. The predicted octanol–water partition coefficient (Wildman–Crippen LogP) is 4.52. The summed E-state index contributed by atoms with van der Waals surface area (Å²) in [5.74, 6) is 0.945. The molecule has 1 aliphatic heterocycles. The van der Waals surface area contributed by atoms with Gasteiger partial charge in [0.1, 0.15) is 18.4 Å². The number of aromatic nitrogens is 1. The van der Waals surface area contributed by atoms with E-state index in [9.17, 15) is 0 Å². The van der Waals surface area contributed by atoms with Gasteiger partial charge in [-0.15, -0.1) is 0 Å². The van der Waals surface area contributed by atoms with Crippen molar-refractivity contribution in [1.82, 2.24) is 0 Å². The van der Waals surface area contributed by atoms with Crippen LogP contribution in [-0.2, 0) is 7.05 Å². The summed E-state index contributed by atoms with van der Waals surface area (Å²) in [5.41, 5.74) is 8.45. The van der Waals surface area contributed by atoms with Gasteiger partial charge in [0, 0.05) is 17.0 Å². The number of allylic oxidation sites excluding steroid dienone is 1. The summed E-state index contributed by atoms with van der Waals surface area (Å²) in [4.78, 5) is 2.36. The maximum atomic E-state index is 6.13. The van der Waals surface area contributed by atoms with Gasteiger partial charge in [0.05, 0.1) is 5.69 Å². The van der Waals surface area contributed by atoms with E-state index in [1.54, 1.807) is 0 Å². The van der Waals surface area contributed by atoms with E-state index >= 15 is 0 Å². The van der Waals surface area contributed by atoms with Gasteiger partial charge in [0.15, 0.2) is 11.8 Å². The molecule has 0 spiro atoms. The fourth-order valence-corrected chi connectivity index (χ4v) is 4.66. The molecule has 0 bridgehead atoms. The standard InChI is InChI=1S/C25H24BN2O/c1-17-16-27(3)24(15-21(17)19-10-6-5-7-11-19)26-18(2)14-23-25(28(26)4)20-12-8-9-13-22(20)29-23/h5-16H,1-4H3/q+1. The van der Waals surface area contributed by atoms with Crippen LogP contribution >= 0.6 is 0 Å². The Bertz CT molecular complexity index is 1260. The Morgan fingerprint density at radius 3 is 2.48 bits per heavy atom. The van der Waals surface area contributed by atoms with Gasteiger partial charge in [0.2, 0.25) is 0 Å². The van der Waals surface area contributed by atoms with Crippen LogP contribution in [0.15, 0.2) is 76.8 Å². The monoisotopic (exact) mass is 379 g/mol. The molecule has 142 valence electrons. The first kappa shape index (κ1) is 17.8. The molecule has 5 rings (SSSR count). The van der Waals surface area contributed by atoms with Crippen LogP contribution in [0.1, 0.15) is 18.2 Å². The summed E-state index contributed by atoms with van der Waals surface area (Å²) in [6, 6.07) is 21.3. The summed E-state index contributed by atoms with van der Waals surface area (Å²) in [5, 5.41) is 1.16. The number of fused-ring (bicyclic) bond motifs is 3. The summed E-state index contributed by atoms with van der Waals surface area (Å²) < 4.78 is 8.39. The lowest BCUT2D eigenvalue weighted by Crippen LogP contribution is -2.62. The van der Waals surface area contributed by atoms with Crippen molar-refractivity contribution in [2.45, 2.75) is 13.8 Å². The molecule has 2 aromatic heterocycles. The Morgan fingerprint density at radius 1 is 0.966 bits per heavy atom. The number of para-hydroxylation sites is 1. The summed E-state index contributed by atoms with van der Waals surface area (Å²) >= 11 is 0. The number of hydrogen-bond acceptors (Lipinski definition) is 2. The third kappa shape index (κ3) is 2.79. The highest BCUT2D eigenvalue weighted by Crippen LogP contribution is 2.38. The minimum atomic E-state index is 0.150. The van der Waals surface area contributed by atoms with E-state index < -0.39 is 0 Å². The van der Waals surface area contributed by atoms with E-state index in [-0.39, 0.29) is 6.85 Å². The topological polar surface area (TPSA) is 20.3 Å².